The molecule has 0 aliphatic carbocycles. The van der Waals surface area contributed by atoms with Gasteiger partial charge < -0.3 is 10.1 Å². The number of hydrogen-bond donors (Lipinski definition) is 1. The van der Waals surface area contributed by atoms with Crippen LogP contribution in [-0.4, -0.2) is 17.3 Å². The Morgan fingerprint density at radius 1 is 1.50 bits per heavy atom. The van der Waals surface area contributed by atoms with Crippen molar-refractivity contribution in [3.63, 3.8) is 0 Å². The number of rotatable bonds is 2. The largest absolute Gasteiger partial charge is 0.497 e. The summed E-state index contributed by atoms with van der Waals surface area (Å²) in [6, 6.07) is 7.50. The second-order valence-electron chi connectivity index (χ2n) is 3.13. The molecule has 0 radical (unpaired) electrons. The molecule has 1 N–H and O–H groups in total. The zero-order valence-electron chi connectivity index (χ0n) is 8.52. The SMILES string of the molecule is COc1cccc(/C=C2\SC(=S)NC2=O)c1. The van der Waals surface area contributed by atoms with Gasteiger partial charge in [-0.2, -0.15) is 0 Å². The molecule has 0 atom stereocenters. The summed E-state index contributed by atoms with van der Waals surface area (Å²) in [7, 11) is 1.61. The first-order valence-electron chi connectivity index (χ1n) is 4.58. The van der Waals surface area contributed by atoms with E-state index in [-0.39, 0.29) is 5.91 Å². The van der Waals surface area contributed by atoms with E-state index in [0.717, 1.165) is 11.3 Å². The first-order valence-corrected chi connectivity index (χ1v) is 5.80. The molecule has 1 aromatic carbocycles. The molecule has 1 aliphatic heterocycles. The van der Waals surface area contributed by atoms with Crippen molar-refractivity contribution in [2.45, 2.75) is 0 Å². The van der Waals surface area contributed by atoms with Crippen molar-refractivity contribution in [2.75, 3.05) is 7.11 Å². The fourth-order valence-corrected chi connectivity index (χ4v) is 2.35. The van der Waals surface area contributed by atoms with E-state index in [1.807, 2.05) is 24.3 Å². The van der Waals surface area contributed by atoms with Gasteiger partial charge in [-0.25, -0.2) is 0 Å². The molecule has 1 amide bonds. The van der Waals surface area contributed by atoms with E-state index in [1.165, 1.54) is 11.8 Å². The molecule has 1 fully saturated rings. The summed E-state index contributed by atoms with van der Waals surface area (Å²) in [6.45, 7) is 0. The maximum Gasteiger partial charge on any atom is 0.263 e. The molecule has 0 saturated carbocycles. The Labute approximate surface area is 103 Å². The molecule has 0 unspecified atom stereocenters. The Kier molecular flexibility index (Phi) is 3.26. The van der Waals surface area contributed by atoms with Crippen molar-refractivity contribution in [1.29, 1.82) is 0 Å². The lowest BCUT2D eigenvalue weighted by Gasteiger charge is -2.00. The van der Waals surface area contributed by atoms with Gasteiger partial charge in [0.1, 0.15) is 10.1 Å². The zero-order valence-corrected chi connectivity index (χ0v) is 10.2. The maximum absolute atomic E-state index is 11.4. The van der Waals surface area contributed by atoms with Crippen LogP contribution >= 0.6 is 24.0 Å². The first-order chi connectivity index (χ1) is 7.69. The average Bonchev–Trinajstić information content (AvgIpc) is 2.58. The minimum Gasteiger partial charge on any atom is -0.497 e. The maximum atomic E-state index is 11.4. The van der Waals surface area contributed by atoms with Crippen LogP contribution in [0.25, 0.3) is 6.08 Å². The summed E-state index contributed by atoms with van der Waals surface area (Å²) >= 11 is 6.18. The van der Waals surface area contributed by atoms with E-state index in [4.69, 9.17) is 17.0 Å². The molecule has 2 rings (SSSR count). The Hall–Kier alpha value is -1.33. The number of thioether (sulfide) groups is 1. The third-order valence-corrected chi connectivity index (χ3v) is 3.20. The highest BCUT2D eigenvalue weighted by atomic mass is 32.2. The minimum absolute atomic E-state index is 0.141. The summed E-state index contributed by atoms with van der Waals surface area (Å²) < 4.78 is 5.60. The van der Waals surface area contributed by atoms with E-state index < -0.39 is 0 Å². The Morgan fingerprint density at radius 3 is 2.94 bits per heavy atom. The van der Waals surface area contributed by atoms with Gasteiger partial charge >= 0.3 is 0 Å². The van der Waals surface area contributed by atoms with Crippen molar-refractivity contribution < 1.29 is 9.53 Å². The van der Waals surface area contributed by atoms with Gasteiger partial charge in [0.2, 0.25) is 0 Å². The number of nitrogens with one attached hydrogen (secondary N) is 1. The standard InChI is InChI=1S/C11H9NO2S2/c1-14-8-4-2-3-7(5-8)6-9-10(13)12-11(15)16-9/h2-6H,1H3,(H,12,13,15)/b9-6-. The molecule has 0 bridgehead atoms. The first kappa shape index (κ1) is 11.2. The molecule has 0 spiro atoms. The van der Waals surface area contributed by atoms with Gasteiger partial charge in [-0.3, -0.25) is 4.79 Å². The van der Waals surface area contributed by atoms with Gasteiger partial charge in [0.25, 0.3) is 5.91 Å². The normalized spacial score (nSPS) is 17.7. The van der Waals surface area contributed by atoms with Crippen molar-refractivity contribution in [1.82, 2.24) is 5.32 Å². The molecule has 1 heterocycles. The third-order valence-electron chi connectivity index (χ3n) is 2.03. The van der Waals surface area contributed by atoms with Gasteiger partial charge in [-0.15, -0.1) is 0 Å². The predicted octanol–water partition coefficient (Wildman–Crippen LogP) is 2.18. The van der Waals surface area contributed by atoms with Crippen LogP contribution in [0.5, 0.6) is 5.75 Å². The van der Waals surface area contributed by atoms with Crippen LogP contribution in [0.2, 0.25) is 0 Å². The van der Waals surface area contributed by atoms with E-state index in [0.29, 0.717) is 9.23 Å². The van der Waals surface area contributed by atoms with E-state index in [9.17, 15) is 4.79 Å². The molecule has 1 aliphatic rings. The van der Waals surface area contributed by atoms with Gasteiger partial charge in [0.15, 0.2) is 0 Å². The number of carbonyl (C=O) groups excluding carboxylic acids is 1. The lowest BCUT2D eigenvalue weighted by atomic mass is 10.2. The fraction of sp³-hybridized carbons (Fsp3) is 0.0909. The molecule has 1 aromatic rings. The number of amides is 1. The number of hydrogen-bond acceptors (Lipinski definition) is 4. The second-order valence-corrected chi connectivity index (χ2v) is 4.85. The zero-order chi connectivity index (χ0) is 11.5. The predicted molar refractivity (Wildman–Crippen MR) is 69.3 cm³/mol. The van der Waals surface area contributed by atoms with Crippen LogP contribution in [0.4, 0.5) is 0 Å². The molecule has 16 heavy (non-hydrogen) atoms. The van der Waals surface area contributed by atoms with Crippen molar-refractivity contribution in [2.24, 2.45) is 0 Å². The smallest absolute Gasteiger partial charge is 0.263 e. The van der Waals surface area contributed by atoms with Crippen LogP contribution in [0.3, 0.4) is 0 Å². The van der Waals surface area contributed by atoms with Crippen molar-refractivity contribution >= 4 is 40.3 Å². The molecule has 82 valence electrons. The number of ether oxygens (including phenoxy) is 1. The molecule has 0 aromatic heterocycles. The minimum atomic E-state index is -0.141. The van der Waals surface area contributed by atoms with E-state index in [1.54, 1.807) is 13.2 Å². The quantitative estimate of drug-likeness (QED) is 0.646. The summed E-state index contributed by atoms with van der Waals surface area (Å²) in [6.07, 6.45) is 1.79. The third kappa shape index (κ3) is 2.43. The monoisotopic (exact) mass is 251 g/mol. The summed E-state index contributed by atoms with van der Waals surface area (Å²) in [5, 5.41) is 2.57. The lowest BCUT2D eigenvalue weighted by Crippen LogP contribution is -2.17. The van der Waals surface area contributed by atoms with Crippen LogP contribution in [0.15, 0.2) is 29.2 Å². The Balaban J connectivity index is 2.28. The van der Waals surface area contributed by atoms with Crippen molar-refractivity contribution in [3.05, 3.63) is 34.7 Å². The van der Waals surface area contributed by atoms with Gasteiger partial charge in [0.05, 0.1) is 12.0 Å². The fourth-order valence-electron chi connectivity index (χ4n) is 1.30. The van der Waals surface area contributed by atoms with Crippen LogP contribution in [0, 0.1) is 0 Å². The molecule has 1 saturated heterocycles. The van der Waals surface area contributed by atoms with Crippen LogP contribution in [0.1, 0.15) is 5.56 Å². The average molecular weight is 251 g/mol. The summed E-state index contributed by atoms with van der Waals surface area (Å²) in [5.41, 5.74) is 0.918. The Morgan fingerprint density at radius 2 is 2.31 bits per heavy atom. The molecular formula is C11H9NO2S2. The second kappa shape index (κ2) is 4.67. The highest BCUT2D eigenvalue weighted by Gasteiger charge is 2.21. The Bertz CT molecular complexity index is 483. The van der Waals surface area contributed by atoms with Gasteiger partial charge in [-0.1, -0.05) is 36.1 Å². The van der Waals surface area contributed by atoms with Crippen LogP contribution < -0.4 is 10.1 Å². The van der Waals surface area contributed by atoms with Gasteiger partial charge in [-0.05, 0) is 23.8 Å². The number of thiocarbonyl (C=S) groups is 1. The summed E-state index contributed by atoms with van der Waals surface area (Å²) in [4.78, 5) is 12.0. The number of benzene rings is 1. The molecular weight excluding hydrogens is 242 g/mol. The highest BCUT2D eigenvalue weighted by Crippen LogP contribution is 2.26. The highest BCUT2D eigenvalue weighted by molar-refractivity contribution is 8.26. The van der Waals surface area contributed by atoms with E-state index >= 15 is 0 Å². The van der Waals surface area contributed by atoms with Crippen LogP contribution in [-0.2, 0) is 4.79 Å². The summed E-state index contributed by atoms with van der Waals surface area (Å²) in [5.74, 6) is 0.623. The topological polar surface area (TPSA) is 38.3 Å². The number of carbonyl (C=O) groups is 1. The molecule has 3 nitrogen and oxygen atoms in total. The van der Waals surface area contributed by atoms with E-state index in [2.05, 4.69) is 5.32 Å². The van der Waals surface area contributed by atoms with Gasteiger partial charge in [0, 0.05) is 0 Å². The molecule has 5 heteroatoms. The number of methoxy groups -OCH3 is 1. The lowest BCUT2D eigenvalue weighted by molar-refractivity contribution is -0.115. The van der Waals surface area contributed by atoms with Crippen molar-refractivity contribution in [3.8, 4) is 5.75 Å².